The fourth-order valence-corrected chi connectivity index (χ4v) is 2.91. The lowest BCUT2D eigenvalue weighted by Gasteiger charge is -2.29. The Morgan fingerprint density at radius 3 is 2.76 bits per heavy atom. The van der Waals surface area contributed by atoms with Crippen molar-refractivity contribution in [3.8, 4) is 6.07 Å². The van der Waals surface area contributed by atoms with Crippen molar-refractivity contribution in [2.45, 2.75) is 32.4 Å². The van der Waals surface area contributed by atoms with Crippen molar-refractivity contribution in [3.05, 3.63) is 34.4 Å². The number of amides is 3. The molecule has 1 fully saturated rings. The summed E-state index contributed by atoms with van der Waals surface area (Å²) in [5.74, 6) is -1.00. The Hall–Kier alpha value is -2.68. The molecule has 0 radical (unpaired) electrons. The Balaban J connectivity index is 1.96. The molecule has 1 atom stereocenters. The highest BCUT2D eigenvalue weighted by molar-refractivity contribution is 6.05. The van der Waals surface area contributed by atoms with E-state index in [1.165, 1.54) is 4.90 Å². The first-order valence-electron chi connectivity index (χ1n) is 6.69. The lowest BCUT2D eigenvalue weighted by atomic mass is 10.0. The van der Waals surface area contributed by atoms with Gasteiger partial charge >= 0.3 is 0 Å². The zero-order chi connectivity index (χ0) is 15.1. The van der Waals surface area contributed by atoms with Gasteiger partial charge in [0.15, 0.2) is 0 Å². The molecule has 2 aliphatic rings. The van der Waals surface area contributed by atoms with Gasteiger partial charge in [0.1, 0.15) is 6.04 Å². The number of nitriles is 1. The molecule has 6 nitrogen and oxygen atoms in total. The largest absolute Gasteiger partial charge is 0.322 e. The molecule has 3 rings (SSSR count). The van der Waals surface area contributed by atoms with Crippen LogP contribution in [0.1, 0.15) is 39.9 Å². The molecule has 1 N–H and O–H groups in total. The highest BCUT2D eigenvalue weighted by Gasteiger charge is 2.39. The smallest absolute Gasteiger partial charge is 0.255 e. The van der Waals surface area contributed by atoms with Gasteiger partial charge in [0.2, 0.25) is 11.8 Å². The Morgan fingerprint density at radius 2 is 2.10 bits per heavy atom. The summed E-state index contributed by atoms with van der Waals surface area (Å²) >= 11 is 0. The molecular weight excluding hydrogens is 270 g/mol. The summed E-state index contributed by atoms with van der Waals surface area (Å²) in [7, 11) is 0. The minimum absolute atomic E-state index is 0.223. The van der Waals surface area contributed by atoms with E-state index in [1.807, 2.05) is 6.92 Å². The number of piperidine rings is 1. The number of carbonyl (C=O) groups excluding carboxylic acids is 3. The molecule has 1 unspecified atom stereocenters. The van der Waals surface area contributed by atoms with Crippen LogP contribution in [-0.4, -0.2) is 28.7 Å². The van der Waals surface area contributed by atoms with Crippen LogP contribution in [0.5, 0.6) is 0 Å². The number of carbonyl (C=O) groups is 3. The standard InChI is InChI=1S/C15H13N3O3/c1-8-4-9(6-16)11-7-18(15(21)10(11)5-8)12-2-3-13(19)17-14(12)20/h4-5,12H,2-3,7H2,1H3,(H,17,19,20). The van der Waals surface area contributed by atoms with Crippen LogP contribution in [0.15, 0.2) is 12.1 Å². The normalized spacial score (nSPS) is 21.0. The number of hydrogen-bond donors (Lipinski definition) is 1. The number of nitrogens with zero attached hydrogens (tertiary/aromatic N) is 2. The summed E-state index contributed by atoms with van der Waals surface area (Å²) < 4.78 is 0. The third-order valence-electron chi connectivity index (χ3n) is 3.92. The molecule has 106 valence electrons. The minimum Gasteiger partial charge on any atom is -0.322 e. The Labute approximate surface area is 121 Å². The number of imide groups is 1. The first-order chi connectivity index (χ1) is 10.0. The maximum atomic E-state index is 12.5. The van der Waals surface area contributed by atoms with Crippen molar-refractivity contribution in [3.63, 3.8) is 0 Å². The molecule has 0 aromatic heterocycles. The summed E-state index contributed by atoms with van der Waals surface area (Å²) in [6, 6.07) is 4.93. The van der Waals surface area contributed by atoms with Crippen LogP contribution in [0.4, 0.5) is 0 Å². The number of nitrogens with one attached hydrogen (secondary N) is 1. The van der Waals surface area contributed by atoms with Gasteiger partial charge in [0.05, 0.1) is 11.6 Å². The SMILES string of the molecule is Cc1cc(C#N)c2c(c1)C(=O)N(C1CCC(=O)NC1=O)C2. The first kappa shape index (κ1) is 13.3. The molecule has 21 heavy (non-hydrogen) atoms. The van der Waals surface area contributed by atoms with E-state index >= 15 is 0 Å². The monoisotopic (exact) mass is 283 g/mol. The van der Waals surface area contributed by atoms with Crippen molar-refractivity contribution in [2.24, 2.45) is 0 Å². The van der Waals surface area contributed by atoms with Gasteiger partial charge < -0.3 is 4.90 Å². The zero-order valence-corrected chi connectivity index (χ0v) is 11.5. The van der Waals surface area contributed by atoms with Gasteiger partial charge in [-0.2, -0.15) is 5.26 Å². The number of fused-ring (bicyclic) bond motifs is 1. The Bertz CT molecular complexity index is 718. The number of benzene rings is 1. The maximum Gasteiger partial charge on any atom is 0.255 e. The van der Waals surface area contributed by atoms with Crippen LogP contribution in [-0.2, 0) is 16.1 Å². The van der Waals surface area contributed by atoms with Crippen LogP contribution >= 0.6 is 0 Å². The average molecular weight is 283 g/mol. The quantitative estimate of drug-likeness (QED) is 0.765. The molecule has 2 heterocycles. The van der Waals surface area contributed by atoms with E-state index in [2.05, 4.69) is 11.4 Å². The van der Waals surface area contributed by atoms with E-state index in [-0.39, 0.29) is 24.8 Å². The molecule has 0 spiro atoms. The summed E-state index contributed by atoms with van der Waals surface area (Å²) in [5.41, 5.74) is 2.45. The van der Waals surface area contributed by atoms with E-state index in [9.17, 15) is 19.6 Å². The molecule has 0 aliphatic carbocycles. The van der Waals surface area contributed by atoms with Gasteiger partial charge in [-0.1, -0.05) is 0 Å². The van der Waals surface area contributed by atoms with Crippen LogP contribution in [0.2, 0.25) is 0 Å². The minimum atomic E-state index is -0.644. The molecule has 0 bridgehead atoms. The molecule has 0 saturated carbocycles. The lowest BCUT2D eigenvalue weighted by Crippen LogP contribution is -2.52. The highest BCUT2D eigenvalue weighted by atomic mass is 16.2. The van der Waals surface area contributed by atoms with Crippen LogP contribution in [0.3, 0.4) is 0 Å². The van der Waals surface area contributed by atoms with Gasteiger partial charge in [0.25, 0.3) is 5.91 Å². The maximum absolute atomic E-state index is 12.5. The van der Waals surface area contributed by atoms with Gasteiger partial charge in [-0.05, 0) is 31.0 Å². The molecule has 1 aromatic carbocycles. The predicted molar refractivity (Wildman–Crippen MR) is 71.9 cm³/mol. The number of aryl methyl sites for hydroxylation is 1. The van der Waals surface area contributed by atoms with Gasteiger partial charge in [-0.25, -0.2) is 0 Å². The summed E-state index contributed by atoms with van der Waals surface area (Å²) in [6.45, 7) is 2.06. The third kappa shape index (κ3) is 2.07. The van der Waals surface area contributed by atoms with Crippen molar-refractivity contribution in [1.29, 1.82) is 5.26 Å². The summed E-state index contributed by atoms with van der Waals surface area (Å²) in [5, 5.41) is 11.4. The van der Waals surface area contributed by atoms with E-state index in [4.69, 9.17) is 0 Å². The number of rotatable bonds is 1. The van der Waals surface area contributed by atoms with E-state index in [1.54, 1.807) is 12.1 Å². The number of hydrogen-bond acceptors (Lipinski definition) is 4. The van der Waals surface area contributed by atoms with Gasteiger partial charge in [0, 0.05) is 24.1 Å². The topological polar surface area (TPSA) is 90.3 Å². The first-order valence-corrected chi connectivity index (χ1v) is 6.69. The van der Waals surface area contributed by atoms with Gasteiger partial charge in [-0.15, -0.1) is 0 Å². The van der Waals surface area contributed by atoms with E-state index in [0.29, 0.717) is 23.1 Å². The zero-order valence-electron chi connectivity index (χ0n) is 11.5. The molecule has 1 aromatic rings. The molecule has 3 amide bonds. The second-order valence-electron chi connectivity index (χ2n) is 5.35. The fraction of sp³-hybridized carbons (Fsp3) is 0.333. The Kier molecular flexibility index (Phi) is 2.98. The van der Waals surface area contributed by atoms with Crippen molar-refractivity contribution in [2.75, 3.05) is 0 Å². The second-order valence-corrected chi connectivity index (χ2v) is 5.35. The molecular formula is C15H13N3O3. The third-order valence-corrected chi connectivity index (χ3v) is 3.92. The highest BCUT2D eigenvalue weighted by Crippen LogP contribution is 2.30. The van der Waals surface area contributed by atoms with Crippen LogP contribution in [0.25, 0.3) is 0 Å². The van der Waals surface area contributed by atoms with Crippen LogP contribution < -0.4 is 5.32 Å². The van der Waals surface area contributed by atoms with Gasteiger partial charge in [-0.3, -0.25) is 19.7 Å². The van der Waals surface area contributed by atoms with Crippen LogP contribution in [0, 0.1) is 18.3 Å². The summed E-state index contributed by atoms with van der Waals surface area (Å²) in [6.07, 6.45) is 0.548. The second kappa shape index (κ2) is 4.70. The molecule has 2 aliphatic heterocycles. The molecule has 6 heteroatoms. The molecule has 1 saturated heterocycles. The predicted octanol–water partition coefficient (Wildman–Crippen LogP) is 0.628. The average Bonchev–Trinajstić information content (AvgIpc) is 2.76. The van der Waals surface area contributed by atoms with Crippen molar-refractivity contribution >= 4 is 17.7 Å². The summed E-state index contributed by atoms with van der Waals surface area (Å²) in [4.78, 5) is 37.1. The van der Waals surface area contributed by atoms with Crippen molar-refractivity contribution in [1.82, 2.24) is 10.2 Å². The van der Waals surface area contributed by atoms with E-state index in [0.717, 1.165) is 5.56 Å². The Morgan fingerprint density at radius 1 is 1.33 bits per heavy atom. The van der Waals surface area contributed by atoms with Crippen molar-refractivity contribution < 1.29 is 14.4 Å². The van der Waals surface area contributed by atoms with E-state index < -0.39 is 11.9 Å². The lowest BCUT2D eigenvalue weighted by molar-refractivity contribution is -0.136. The fourth-order valence-electron chi connectivity index (χ4n) is 2.91.